The molecule has 0 aliphatic carbocycles. The molecule has 1 atom stereocenters. The Hall–Kier alpha value is -3.04. The second-order valence-corrected chi connectivity index (χ2v) is 13.3. The highest BCUT2D eigenvalue weighted by atomic mass is 32.3. The van der Waals surface area contributed by atoms with Gasteiger partial charge in [-0.2, -0.15) is 0 Å². The molecule has 2 aromatic carbocycles. The fourth-order valence-electron chi connectivity index (χ4n) is 3.57. The molecule has 1 unspecified atom stereocenters. The van der Waals surface area contributed by atoms with E-state index in [1.807, 2.05) is 18.2 Å². The molecule has 198 valence electrons. The molecule has 0 radical (unpaired) electrons. The van der Waals surface area contributed by atoms with Crippen LogP contribution in [0.4, 0.5) is 0 Å². The molecule has 1 aliphatic rings. The first-order valence-electron chi connectivity index (χ1n) is 11.3. The Morgan fingerprint density at radius 3 is 2.00 bits per heavy atom. The van der Waals surface area contributed by atoms with Crippen LogP contribution in [0.2, 0.25) is 0 Å². The first-order chi connectivity index (χ1) is 16.9. The standard InChI is InChI=1S/C27H36O8S/c1-27(2,3)36(9,10)35-20-13-16(11-12-19(20)29-4)17-14-22(31-6)26(28)34-23-18(17)15-21(30-5)24(32-7)25(23)33-8/h11-15,22H,1-10H3. The molecule has 2 aromatic rings. The number of ether oxygens (including phenoxy) is 6. The third-order valence-corrected chi connectivity index (χ3v) is 9.87. The maximum Gasteiger partial charge on any atom is 0.344 e. The first-order valence-corrected chi connectivity index (χ1v) is 13.7. The normalized spacial score (nSPS) is 16.2. The van der Waals surface area contributed by atoms with Crippen LogP contribution >= 0.6 is 10.3 Å². The van der Waals surface area contributed by atoms with E-state index in [-0.39, 0.29) is 16.2 Å². The molecule has 9 heteroatoms. The number of fused-ring (bicyclic) bond motifs is 1. The summed E-state index contributed by atoms with van der Waals surface area (Å²) in [5.41, 5.74) is 2.03. The van der Waals surface area contributed by atoms with Gasteiger partial charge in [0.25, 0.3) is 0 Å². The van der Waals surface area contributed by atoms with E-state index in [1.165, 1.54) is 28.4 Å². The zero-order valence-electron chi connectivity index (χ0n) is 22.6. The molecule has 1 aliphatic heterocycles. The second-order valence-electron chi connectivity index (χ2n) is 9.47. The average Bonchev–Trinajstić information content (AvgIpc) is 2.97. The van der Waals surface area contributed by atoms with Gasteiger partial charge < -0.3 is 32.6 Å². The summed E-state index contributed by atoms with van der Waals surface area (Å²) in [5, 5.41) is 0. The van der Waals surface area contributed by atoms with E-state index in [0.717, 1.165) is 5.56 Å². The number of esters is 1. The van der Waals surface area contributed by atoms with Crippen LogP contribution < -0.4 is 27.9 Å². The van der Waals surface area contributed by atoms with Gasteiger partial charge in [-0.3, -0.25) is 0 Å². The summed E-state index contributed by atoms with van der Waals surface area (Å²) in [6, 6.07) is 7.40. The van der Waals surface area contributed by atoms with Crippen LogP contribution in [0.25, 0.3) is 5.57 Å². The van der Waals surface area contributed by atoms with Gasteiger partial charge in [0.15, 0.2) is 29.1 Å². The smallest absolute Gasteiger partial charge is 0.344 e. The van der Waals surface area contributed by atoms with Crippen LogP contribution in [0.3, 0.4) is 0 Å². The van der Waals surface area contributed by atoms with Gasteiger partial charge in [-0.25, -0.2) is 4.79 Å². The van der Waals surface area contributed by atoms with Crippen LogP contribution in [-0.4, -0.2) is 64.9 Å². The molecular formula is C27H36O8S. The van der Waals surface area contributed by atoms with E-state index in [4.69, 9.17) is 32.6 Å². The lowest BCUT2D eigenvalue weighted by Crippen LogP contribution is -2.27. The van der Waals surface area contributed by atoms with Crippen LogP contribution in [0.15, 0.2) is 30.3 Å². The summed E-state index contributed by atoms with van der Waals surface area (Å²) in [5.74, 6) is 1.83. The molecule has 0 fully saturated rings. The van der Waals surface area contributed by atoms with Gasteiger partial charge in [-0.15, -0.1) is 0 Å². The van der Waals surface area contributed by atoms with Gasteiger partial charge in [0.2, 0.25) is 11.5 Å². The van der Waals surface area contributed by atoms with Crippen LogP contribution in [-0.2, 0) is 9.53 Å². The van der Waals surface area contributed by atoms with Gasteiger partial charge in [0.1, 0.15) is 0 Å². The summed E-state index contributed by atoms with van der Waals surface area (Å²) in [7, 11) is 6.05. The van der Waals surface area contributed by atoms with Crippen molar-refractivity contribution >= 4 is 21.9 Å². The molecule has 0 spiro atoms. The molecule has 1 heterocycles. The highest BCUT2D eigenvalue weighted by molar-refractivity contribution is 8.30. The van der Waals surface area contributed by atoms with Crippen LogP contribution in [0, 0.1) is 0 Å². The Kier molecular flexibility index (Phi) is 8.05. The number of carbonyl (C=O) groups excluding carboxylic acids is 1. The minimum atomic E-state index is -1.51. The number of rotatable bonds is 8. The zero-order chi connectivity index (χ0) is 26.8. The summed E-state index contributed by atoms with van der Waals surface area (Å²) in [4.78, 5) is 12.9. The Balaban J connectivity index is 2.29. The van der Waals surface area contributed by atoms with Crippen molar-refractivity contribution in [2.45, 2.75) is 31.6 Å². The molecule has 8 nitrogen and oxygen atoms in total. The molecule has 0 amide bonds. The third kappa shape index (κ3) is 5.08. The fourth-order valence-corrected chi connectivity index (χ4v) is 4.40. The number of carbonyl (C=O) groups is 1. The van der Waals surface area contributed by atoms with Crippen molar-refractivity contribution < 1.29 is 37.4 Å². The Morgan fingerprint density at radius 2 is 1.47 bits per heavy atom. The van der Waals surface area contributed by atoms with Gasteiger partial charge in [0, 0.05) is 17.4 Å². The Labute approximate surface area is 214 Å². The monoisotopic (exact) mass is 520 g/mol. The molecule has 0 aromatic heterocycles. The third-order valence-electron chi connectivity index (χ3n) is 6.33. The van der Waals surface area contributed by atoms with Crippen LogP contribution in [0.5, 0.6) is 34.5 Å². The van der Waals surface area contributed by atoms with Crippen LogP contribution in [0.1, 0.15) is 31.9 Å². The second kappa shape index (κ2) is 10.5. The topological polar surface area (TPSA) is 81.7 Å². The van der Waals surface area contributed by atoms with E-state index in [0.29, 0.717) is 34.1 Å². The van der Waals surface area contributed by atoms with Crippen molar-refractivity contribution in [1.82, 2.24) is 0 Å². The quantitative estimate of drug-likeness (QED) is 0.345. The fraction of sp³-hybridized carbons (Fsp3) is 0.444. The van der Waals surface area contributed by atoms with E-state index >= 15 is 0 Å². The Morgan fingerprint density at radius 1 is 0.833 bits per heavy atom. The highest BCUT2D eigenvalue weighted by Crippen LogP contribution is 2.56. The molecular weight excluding hydrogens is 484 g/mol. The highest BCUT2D eigenvalue weighted by Gasteiger charge is 2.34. The number of hydrogen-bond donors (Lipinski definition) is 0. The predicted molar refractivity (Wildman–Crippen MR) is 142 cm³/mol. The van der Waals surface area contributed by atoms with Gasteiger partial charge in [-0.1, -0.05) is 16.4 Å². The van der Waals surface area contributed by atoms with Crippen molar-refractivity contribution in [3.8, 4) is 34.5 Å². The minimum Gasteiger partial charge on any atom is -0.493 e. The zero-order valence-corrected chi connectivity index (χ0v) is 23.5. The van der Waals surface area contributed by atoms with E-state index in [9.17, 15) is 4.79 Å². The summed E-state index contributed by atoms with van der Waals surface area (Å²) >= 11 is 0. The number of benzene rings is 2. The Bertz CT molecular complexity index is 1160. The minimum absolute atomic E-state index is 0.0686. The van der Waals surface area contributed by atoms with Crippen molar-refractivity contribution in [2.75, 3.05) is 48.1 Å². The van der Waals surface area contributed by atoms with E-state index in [2.05, 4.69) is 33.3 Å². The summed E-state index contributed by atoms with van der Waals surface area (Å²) in [6.07, 6.45) is 5.01. The summed E-state index contributed by atoms with van der Waals surface area (Å²) < 4.78 is 40.0. The molecule has 36 heavy (non-hydrogen) atoms. The van der Waals surface area contributed by atoms with E-state index < -0.39 is 22.4 Å². The van der Waals surface area contributed by atoms with Gasteiger partial charge in [-0.05, 0) is 68.7 Å². The number of methoxy groups -OCH3 is 5. The molecule has 0 N–H and O–H groups in total. The molecule has 0 saturated carbocycles. The van der Waals surface area contributed by atoms with Crippen molar-refractivity contribution in [3.05, 3.63) is 41.5 Å². The predicted octanol–water partition coefficient (Wildman–Crippen LogP) is 5.24. The molecule has 0 bridgehead atoms. The van der Waals surface area contributed by atoms with Crippen molar-refractivity contribution in [3.63, 3.8) is 0 Å². The van der Waals surface area contributed by atoms with Gasteiger partial charge >= 0.3 is 5.97 Å². The average molecular weight is 521 g/mol. The lowest BCUT2D eigenvalue weighted by atomic mass is 9.95. The largest absolute Gasteiger partial charge is 0.493 e. The van der Waals surface area contributed by atoms with E-state index in [1.54, 1.807) is 19.3 Å². The first kappa shape index (κ1) is 27.5. The SMILES string of the molecule is COc1ccc(C2=CC(OC)C(=O)Oc3c2cc(OC)c(OC)c3OC)cc1OS(C)(C)C(C)(C)C. The lowest BCUT2D eigenvalue weighted by molar-refractivity contribution is -0.142. The maximum atomic E-state index is 12.9. The van der Waals surface area contributed by atoms with Crippen molar-refractivity contribution in [2.24, 2.45) is 0 Å². The maximum absolute atomic E-state index is 12.9. The lowest BCUT2D eigenvalue weighted by Gasteiger charge is -2.44. The molecule has 0 saturated heterocycles. The molecule has 3 rings (SSSR count). The van der Waals surface area contributed by atoms with Crippen molar-refractivity contribution in [1.29, 1.82) is 0 Å². The van der Waals surface area contributed by atoms with Gasteiger partial charge in [0.05, 0.1) is 28.4 Å². The number of hydrogen-bond acceptors (Lipinski definition) is 8. The summed E-state index contributed by atoms with van der Waals surface area (Å²) in [6.45, 7) is 6.46.